The molecule has 1 fully saturated rings. The molecular weight excluding hydrogens is 308 g/mol. The Morgan fingerprint density at radius 3 is 2.74 bits per heavy atom. The van der Waals surface area contributed by atoms with Gasteiger partial charge in [-0.1, -0.05) is 41.3 Å². The van der Waals surface area contributed by atoms with Crippen molar-refractivity contribution >= 4 is 32.8 Å². The predicted octanol–water partition coefficient (Wildman–Crippen LogP) is 4.00. The summed E-state index contributed by atoms with van der Waals surface area (Å²) in [5.74, 6) is -0.966. The first kappa shape index (κ1) is 12.7. The molecule has 1 heterocycles. The maximum absolute atomic E-state index is 11.4. The minimum atomic E-state index is -0.966. The number of nitrogens with zero attached hydrogens (tertiary/aromatic N) is 2. The Hall–Kier alpha value is -1.36. The van der Waals surface area contributed by atoms with E-state index in [0.717, 1.165) is 22.8 Å². The number of aromatic nitrogens is 2. The van der Waals surface area contributed by atoms with Crippen molar-refractivity contribution in [1.29, 1.82) is 0 Å². The molecule has 100 valence electrons. The highest BCUT2D eigenvalue weighted by atomic mass is 79.9. The first-order valence-corrected chi connectivity index (χ1v) is 7.38. The van der Waals surface area contributed by atoms with Gasteiger partial charge in [-0.15, -0.1) is 0 Å². The summed E-state index contributed by atoms with van der Waals surface area (Å²) in [7, 11) is 0. The molecule has 1 N–H and O–H groups in total. The number of hydrogen-bond donors (Lipinski definition) is 1. The van der Waals surface area contributed by atoms with Gasteiger partial charge in [0.05, 0.1) is 11.6 Å². The van der Waals surface area contributed by atoms with E-state index in [2.05, 4.69) is 21.0 Å². The summed E-state index contributed by atoms with van der Waals surface area (Å²) < 4.78 is 2.72. The molecule has 0 radical (unpaired) electrons. The second-order valence-corrected chi connectivity index (χ2v) is 5.88. The van der Waals surface area contributed by atoms with Crippen LogP contribution in [0.2, 0.25) is 0 Å². The molecule has 0 unspecified atom stereocenters. The van der Waals surface area contributed by atoms with Crippen LogP contribution >= 0.6 is 15.9 Å². The third kappa shape index (κ3) is 2.16. The van der Waals surface area contributed by atoms with Gasteiger partial charge in [-0.25, -0.2) is 4.79 Å². The highest BCUT2D eigenvalue weighted by molar-refractivity contribution is 9.10. The first-order chi connectivity index (χ1) is 9.18. The molecule has 1 aliphatic rings. The van der Waals surface area contributed by atoms with E-state index in [0.29, 0.717) is 11.4 Å². The second kappa shape index (κ2) is 4.96. The van der Waals surface area contributed by atoms with Crippen molar-refractivity contribution in [2.75, 3.05) is 0 Å². The normalized spacial score (nSPS) is 16.9. The van der Waals surface area contributed by atoms with Crippen LogP contribution in [0.15, 0.2) is 22.7 Å². The minimum Gasteiger partial charge on any atom is -0.476 e. The number of halogens is 1. The van der Waals surface area contributed by atoms with Crippen LogP contribution in [0.3, 0.4) is 0 Å². The summed E-state index contributed by atoms with van der Waals surface area (Å²) in [5, 5.41) is 14.4. The maximum Gasteiger partial charge on any atom is 0.357 e. The van der Waals surface area contributed by atoms with Gasteiger partial charge in [-0.2, -0.15) is 5.10 Å². The van der Waals surface area contributed by atoms with Gasteiger partial charge in [0.25, 0.3) is 0 Å². The Bertz CT molecular complexity index is 630. The molecule has 0 spiro atoms. The Kier molecular flexibility index (Phi) is 3.31. The largest absolute Gasteiger partial charge is 0.476 e. The molecule has 0 amide bonds. The van der Waals surface area contributed by atoms with Crippen LogP contribution < -0.4 is 0 Å². The van der Waals surface area contributed by atoms with Crippen molar-refractivity contribution < 1.29 is 9.90 Å². The fraction of sp³-hybridized carbons (Fsp3) is 0.429. The molecule has 1 aromatic heterocycles. The van der Waals surface area contributed by atoms with E-state index in [9.17, 15) is 9.90 Å². The molecule has 5 heteroatoms. The highest BCUT2D eigenvalue weighted by Crippen LogP contribution is 2.34. The van der Waals surface area contributed by atoms with Crippen molar-refractivity contribution in [3.63, 3.8) is 0 Å². The summed E-state index contributed by atoms with van der Waals surface area (Å²) in [4.78, 5) is 11.4. The van der Waals surface area contributed by atoms with Crippen LogP contribution in [0, 0.1) is 0 Å². The summed E-state index contributed by atoms with van der Waals surface area (Å²) in [6, 6.07) is 6.08. The monoisotopic (exact) mass is 322 g/mol. The summed E-state index contributed by atoms with van der Waals surface area (Å²) in [6.45, 7) is 0. The van der Waals surface area contributed by atoms with Gasteiger partial charge in [-0.05, 0) is 25.0 Å². The first-order valence-electron chi connectivity index (χ1n) is 6.58. The van der Waals surface area contributed by atoms with Crippen LogP contribution in [-0.2, 0) is 0 Å². The van der Waals surface area contributed by atoms with E-state index in [4.69, 9.17) is 0 Å². The SMILES string of the molecule is O=C(O)c1nn(C2CCCCC2)c2cccc(Br)c12. The maximum atomic E-state index is 11.4. The summed E-state index contributed by atoms with van der Waals surface area (Å²) in [5.41, 5.74) is 1.06. The van der Waals surface area contributed by atoms with E-state index in [-0.39, 0.29) is 5.69 Å². The fourth-order valence-electron chi connectivity index (χ4n) is 2.90. The highest BCUT2D eigenvalue weighted by Gasteiger charge is 2.23. The number of carboxylic acids is 1. The average molecular weight is 323 g/mol. The van der Waals surface area contributed by atoms with Gasteiger partial charge >= 0.3 is 5.97 Å². The van der Waals surface area contributed by atoms with E-state index < -0.39 is 5.97 Å². The molecule has 4 nitrogen and oxygen atoms in total. The molecule has 0 saturated heterocycles. The number of carbonyl (C=O) groups is 1. The third-order valence-corrected chi connectivity index (χ3v) is 4.47. The topological polar surface area (TPSA) is 55.1 Å². The van der Waals surface area contributed by atoms with Gasteiger partial charge in [0.1, 0.15) is 0 Å². The van der Waals surface area contributed by atoms with Crippen molar-refractivity contribution in [3.05, 3.63) is 28.4 Å². The van der Waals surface area contributed by atoms with Crippen LogP contribution in [0.1, 0.15) is 48.6 Å². The van der Waals surface area contributed by atoms with Crippen molar-refractivity contribution in [1.82, 2.24) is 9.78 Å². The minimum absolute atomic E-state index is 0.146. The van der Waals surface area contributed by atoms with Crippen LogP contribution in [0.25, 0.3) is 10.9 Å². The smallest absolute Gasteiger partial charge is 0.357 e. The lowest BCUT2D eigenvalue weighted by Crippen LogP contribution is -2.14. The molecular formula is C14H15BrN2O2. The number of fused-ring (bicyclic) bond motifs is 1. The van der Waals surface area contributed by atoms with Gasteiger partial charge in [-0.3, -0.25) is 4.68 Å². The number of rotatable bonds is 2. The van der Waals surface area contributed by atoms with Crippen LogP contribution in [0.4, 0.5) is 0 Å². The Labute approximate surface area is 119 Å². The van der Waals surface area contributed by atoms with E-state index in [1.54, 1.807) is 0 Å². The number of aromatic carboxylic acids is 1. The van der Waals surface area contributed by atoms with Gasteiger partial charge in [0, 0.05) is 9.86 Å². The Morgan fingerprint density at radius 2 is 2.05 bits per heavy atom. The van der Waals surface area contributed by atoms with E-state index >= 15 is 0 Å². The average Bonchev–Trinajstić information content (AvgIpc) is 2.81. The lowest BCUT2D eigenvalue weighted by Gasteiger charge is -2.22. The number of benzene rings is 1. The van der Waals surface area contributed by atoms with E-state index in [1.807, 2.05) is 22.9 Å². The molecule has 0 atom stereocenters. The zero-order chi connectivity index (χ0) is 13.4. The van der Waals surface area contributed by atoms with Gasteiger partial charge < -0.3 is 5.11 Å². The standard InChI is InChI=1S/C14H15BrN2O2/c15-10-7-4-8-11-12(10)13(14(18)19)16-17(11)9-5-2-1-3-6-9/h4,7-9H,1-3,5-6H2,(H,18,19). The molecule has 1 aliphatic carbocycles. The zero-order valence-corrected chi connectivity index (χ0v) is 12.1. The molecule has 19 heavy (non-hydrogen) atoms. The second-order valence-electron chi connectivity index (χ2n) is 5.02. The third-order valence-electron chi connectivity index (χ3n) is 3.81. The van der Waals surface area contributed by atoms with Crippen LogP contribution in [-0.4, -0.2) is 20.9 Å². The Morgan fingerprint density at radius 1 is 1.32 bits per heavy atom. The van der Waals surface area contributed by atoms with Crippen molar-refractivity contribution in [2.45, 2.75) is 38.1 Å². The lowest BCUT2D eigenvalue weighted by molar-refractivity contribution is 0.0691. The number of carboxylic acid groups (broad SMARTS) is 1. The van der Waals surface area contributed by atoms with Gasteiger partial charge in [0.15, 0.2) is 5.69 Å². The van der Waals surface area contributed by atoms with Crippen molar-refractivity contribution in [2.24, 2.45) is 0 Å². The molecule has 2 aromatic rings. The van der Waals surface area contributed by atoms with Gasteiger partial charge in [0.2, 0.25) is 0 Å². The molecule has 3 rings (SSSR count). The van der Waals surface area contributed by atoms with Crippen molar-refractivity contribution in [3.8, 4) is 0 Å². The quantitative estimate of drug-likeness (QED) is 0.909. The molecule has 0 bridgehead atoms. The molecule has 1 saturated carbocycles. The zero-order valence-electron chi connectivity index (χ0n) is 10.5. The van der Waals surface area contributed by atoms with E-state index in [1.165, 1.54) is 19.3 Å². The summed E-state index contributed by atoms with van der Waals surface area (Å²) >= 11 is 3.44. The predicted molar refractivity (Wildman–Crippen MR) is 76.5 cm³/mol. The van der Waals surface area contributed by atoms with Crippen LogP contribution in [0.5, 0.6) is 0 Å². The molecule has 0 aliphatic heterocycles. The summed E-state index contributed by atoms with van der Waals surface area (Å²) in [6.07, 6.45) is 5.83. The fourth-order valence-corrected chi connectivity index (χ4v) is 3.45. The number of hydrogen-bond acceptors (Lipinski definition) is 2. The molecule has 1 aromatic carbocycles. The lowest BCUT2D eigenvalue weighted by atomic mass is 9.95. The Balaban J connectivity index is 2.19.